The molecule has 2 rings (SSSR count). The Morgan fingerprint density at radius 2 is 1.94 bits per heavy atom. The Balaban J connectivity index is 1.73. The third-order valence-corrected chi connectivity index (χ3v) is 4.62. The highest BCUT2D eigenvalue weighted by atomic mass is 15.1. The molecule has 0 amide bonds. The van der Waals surface area contributed by atoms with E-state index in [0.29, 0.717) is 0 Å². The van der Waals surface area contributed by atoms with Crippen molar-refractivity contribution in [2.75, 3.05) is 33.7 Å². The Bertz CT molecular complexity index is 224. The van der Waals surface area contributed by atoms with E-state index in [-0.39, 0.29) is 0 Å². The largest absolute Gasteiger partial charge is 0.314 e. The Morgan fingerprint density at radius 3 is 2.67 bits per heavy atom. The predicted octanol–water partition coefficient (Wildman–Crippen LogP) is 1.84. The van der Waals surface area contributed by atoms with E-state index in [2.05, 4.69) is 29.6 Å². The van der Waals surface area contributed by atoms with Crippen molar-refractivity contribution < 1.29 is 0 Å². The summed E-state index contributed by atoms with van der Waals surface area (Å²) in [6.07, 6.45) is 9.75. The summed E-state index contributed by atoms with van der Waals surface area (Å²) in [6.45, 7) is 3.63. The third kappa shape index (κ3) is 4.22. The molecule has 0 aromatic rings. The lowest BCUT2D eigenvalue weighted by Crippen LogP contribution is -2.47. The topological polar surface area (TPSA) is 27.3 Å². The second kappa shape index (κ2) is 7.46. The molecule has 106 valence electrons. The SMILES string of the molecule is CN(C)CCCNC1CCCCC1C1CCCN1. The van der Waals surface area contributed by atoms with Crippen LogP contribution in [0.3, 0.4) is 0 Å². The second-order valence-corrected chi connectivity index (χ2v) is 6.37. The first-order valence-corrected chi connectivity index (χ1v) is 7.89. The van der Waals surface area contributed by atoms with Crippen LogP contribution in [0.2, 0.25) is 0 Å². The fourth-order valence-corrected chi connectivity index (χ4v) is 3.65. The molecule has 1 saturated heterocycles. The van der Waals surface area contributed by atoms with Crippen molar-refractivity contribution in [1.82, 2.24) is 15.5 Å². The van der Waals surface area contributed by atoms with Crippen molar-refractivity contribution in [1.29, 1.82) is 0 Å². The van der Waals surface area contributed by atoms with Gasteiger partial charge in [-0.25, -0.2) is 0 Å². The van der Waals surface area contributed by atoms with E-state index < -0.39 is 0 Å². The van der Waals surface area contributed by atoms with Gasteiger partial charge in [-0.1, -0.05) is 12.8 Å². The van der Waals surface area contributed by atoms with Gasteiger partial charge in [-0.15, -0.1) is 0 Å². The molecule has 0 bridgehead atoms. The van der Waals surface area contributed by atoms with E-state index in [9.17, 15) is 0 Å². The lowest BCUT2D eigenvalue weighted by Gasteiger charge is -2.36. The highest BCUT2D eigenvalue weighted by Gasteiger charge is 2.32. The Kier molecular flexibility index (Phi) is 5.93. The van der Waals surface area contributed by atoms with Crippen LogP contribution in [-0.4, -0.2) is 50.7 Å². The fourth-order valence-electron chi connectivity index (χ4n) is 3.65. The zero-order chi connectivity index (χ0) is 12.8. The van der Waals surface area contributed by atoms with Crippen molar-refractivity contribution in [2.45, 2.75) is 57.0 Å². The molecule has 1 aliphatic heterocycles. The van der Waals surface area contributed by atoms with Crippen LogP contribution in [0.5, 0.6) is 0 Å². The van der Waals surface area contributed by atoms with E-state index >= 15 is 0 Å². The number of nitrogens with one attached hydrogen (secondary N) is 2. The van der Waals surface area contributed by atoms with Gasteiger partial charge in [-0.05, 0) is 71.8 Å². The molecular weight excluding hydrogens is 222 g/mol. The lowest BCUT2D eigenvalue weighted by molar-refractivity contribution is 0.213. The van der Waals surface area contributed by atoms with Gasteiger partial charge in [0.25, 0.3) is 0 Å². The normalized spacial score (nSPS) is 33.2. The highest BCUT2D eigenvalue weighted by Crippen LogP contribution is 2.30. The number of hydrogen-bond acceptors (Lipinski definition) is 3. The standard InChI is InChI=1S/C15H31N3/c1-18(2)12-6-11-17-14-8-4-3-7-13(14)15-9-5-10-16-15/h13-17H,3-12H2,1-2H3. The number of hydrogen-bond donors (Lipinski definition) is 2. The average Bonchev–Trinajstić information content (AvgIpc) is 2.88. The van der Waals surface area contributed by atoms with Crippen LogP contribution in [0.4, 0.5) is 0 Å². The van der Waals surface area contributed by atoms with Crippen molar-refractivity contribution in [3.63, 3.8) is 0 Å². The van der Waals surface area contributed by atoms with E-state index in [1.54, 1.807) is 0 Å². The first kappa shape index (κ1) is 14.3. The summed E-state index contributed by atoms with van der Waals surface area (Å²) >= 11 is 0. The van der Waals surface area contributed by atoms with Gasteiger partial charge in [0.2, 0.25) is 0 Å². The Labute approximate surface area is 113 Å². The molecule has 3 nitrogen and oxygen atoms in total. The molecule has 2 fully saturated rings. The van der Waals surface area contributed by atoms with E-state index in [1.165, 1.54) is 64.6 Å². The quantitative estimate of drug-likeness (QED) is 0.707. The minimum absolute atomic E-state index is 0.775. The summed E-state index contributed by atoms with van der Waals surface area (Å²) in [5.74, 6) is 0.889. The van der Waals surface area contributed by atoms with Gasteiger partial charge in [0, 0.05) is 12.1 Å². The molecule has 0 aromatic carbocycles. The first-order chi connectivity index (χ1) is 8.77. The van der Waals surface area contributed by atoms with Gasteiger partial charge in [0.05, 0.1) is 0 Å². The average molecular weight is 253 g/mol. The van der Waals surface area contributed by atoms with Gasteiger partial charge in [-0.2, -0.15) is 0 Å². The van der Waals surface area contributed by atoms with Crippen LogP contribution in [0, 0.1) is 5.92 Å². The van der Waals surface area contributed by atoms with Crippen LogP contribution >= 0.6 is 0 Å². The maximum Gasteiger partial charge on any atom is 0.0111 e. The molecule has 0 aromatic heterocycles. The highest BCUT2D eigenvalue weighted by molar-refractivity contribution is 4.91. The predicted molar refractivity (Wildman–Crippen MR) is 77.9 cm³/mol. The Morgan fingerprint density at radius 1 is 1.11 bits per heavy atom. The number of nitrogens with zero attached hydrogens (tertiary/aromatic N) is 1. The molecule has 0 radical (unpaired) electrons. The summed E-state index contributed by atoms with van der Waals surface area (Å²) in [5.41, 5.74) is 0. The summed E-state index contributed by atoms with van der Waals surface area (Å²) in [4.78, 5) is 2.28. The third-order valence-electron chi connectivity index (χ3n) is 4.62. The molecule has 3 unspecified atom stereocenters. The van der Waals surface area contributed by atoms with Crippen molar-refractivity contribution in [2.24, 2.45) is 5.92 Å². The maximum absolute atomic E-state index is 3.84. The van der Waals surface area contributed by atoms with Crippen LogP contribution in [-0.2, 0) is 0 Å². The van der Waals surface area contributed by atoms with Gasteiger partial charge < -0.3 is 15.5 Å². The summed E-state index contributed by atoms with van der Waals surface area (Å²) in [7, 11) is 4.32. The monoisotopic (exact) mass is 253 g/mol. The molecular formula is C15H31N3. The van der Waals surface area contributed by atoms with Crippen molar-refractivity contribution >= 4 is 0 Å². The van der Waals surface area contributed by atoms with Gasteiger partial charge >= 0.3 is 0 Å². The zero-order valence-electron chi connectivity index (χ0n) is 12.3. The fraction of sp³-hybridized carbons (Fsp3) is 1.00. The Hall–Kier alpha value is -0.120. The smallest absolute Gasteiger partial charge is 0.0111 e. The summed E-state index contributed by atoms with van der Waals surface area (Å²) < 4.78 is 0. The molecule has 0 spiro atoms. The van der Waals surface area contributed by atoms with Crippen LogP contribution in [0.15, 0.2) is 0 Å². The van der Waals surface area contributed by atoms with Gasteiger partial charge in [0.15, 0.2) is 0 Å². The summed E-state index contributed by atoms with van der Waals surface area (Å²) in [6, 6.07) is 1.58. The number of rotatable bonds is 6. The van der Waals surface area contributed by atoms with Crippen molar-refractivity contribution in [3.8, 4) is 0 Å². The van der Waals surface area contributed by atoms with E-state index in [4.69, 9.17) is 0 Å². The molecule has 3 heteroatoms. The molecule has 1 aliphatic carbocycles. The van der Waals surface area contributed by atoms with Gasteiger partial charge in [-0.3, -0.25) is 0 Å². The van der Waals surface area contributed by atoms with Crippen molar-refractivity contribution in [3.05, 3.63) is 0 Å². The molecule has 1 heterocycles. The van der Waals surface area contributed by atoms with Crippen LogP contribution in [0.25, 0.3) is 0 Å². The maximum atomic E-state index is 3.84. The molecule has 3 atom stereocenters. The van der Waals surface area contributed by atoms with Gasteiger partial charge in [0.1, 0.15) is 0 Å². The molecule has 18 heavy (non-hydrogen) atoms. The minimum Gasteiger partial charge on any atom is -0.314 e. The second-order valence-electron chi connectivity index (χ2n) is 6.37. The van der Waals surface area contributed by atoms with Crippen LogP contribution < -0.4 is 10.6 Å². The molecule has 1 saturated carbocycles. The van der Waals surface area contributed by atoms with E-state index in [0.717, 1.165) is 18.0 Å². The lowest BCUT2D eigenvalue weighted by atomic mass is 9.79. The molecule has 2 N–H and O–H groups in total. The molecule has 2 aliphatic rings. The minimum atomic E-state index is 0.775. The van der Waals surface area contributed by atoms with E-state index in [1.807, 2.05) is 0 Å². The first-order valence-electron chi connectivity index (χ1n) is 7.89. The zero-order valence-corrected chi connectivity index (χ0v) is 12.3. The van der Waals surface area contributed by atoms with Crippen LogP contribution in [0.1, 0.15) is 44.9 Å². The summed E-state index contributed by atoms with van der Waals surface area (Å²) in [5, 5.41) is 7.55.